The van der Waals surface area contributed by atoms with Gasteiger partial charge in [-0.25, -0.2) is 8.42 Å². The molecule has 0 aliphatic rings. The van der Waals surface area contributed by atoms with Gasteiger partial charge in [-0.1, -0.05) is 20.8 Å². The molecule has 0 saturated carbocycles. The number of hydrogen-bond acceptors (Lipinski definition) is 3. The van der Waals surface area contributed by atoms with E-state index in [9.17, 15) is 8.42 Å². The summed E-state index contributed by atoms with van der Waals surface area (Å²) in [7, 11) is 1.69. The van der Waals surface area contributed by atoms with Gasteiger partial charge in [0.25, 0.3) is 0 Å². The third-order valence-electron chi connectivity index (χ3n) is 1.67. The highest BCUT2D eigenvalue weighted by atomic mass is 35.7. The first-order chi connectivity index (χ1) is 6.21. The topological polar surface area (TPSA) is 43.4 Å². The van der Waals surface area contributed by atoms with Gasteiger partial charge in [0.2, 0.25) is 9.05 Å². The van der Waals surface area contributed by atoms with Gasteiger partial charge < -0.3 is 4.74 Å². The van der Waals surface area contributed by atoms with E-state index < -0.39 is 9.05 Å². The number of hydrogen-bond donors (Lipinski definition) is 0. The Morgan fingerprint density at radius 1 is 1.21 bits per heavy atom. The largest absolute Gasteiger partial charge is 0.381 e. The van der Waals surface area contributed by atoms with Gasteiger partial charge in [0.15, 0.2) is 0 Å². The normalized spacial score (nSPS) is 13.1. The van der Waals surface area contributed by atoms with Gasteiger partial charge in [-0.05, 0) is 18.3 Å². The highest BCUT2D eigenvalue weighted by molar-refractivity contribution is 8.13. The molecule has 0 bridgehead atoms. The van der Waals surface area contributed by atoms with Crippen molar-refractivity contribution in [1.82, 2.24) is 0 Å². The fourth-order valence-electron chi connectivity index (χ4n) is 0.814. The van der Waals surface area contributed by atoms with Crippen LogP contribution in [0.1, 0.15) is 33.6 Å². The van der Waals surface area contributed by atoms with Gasteiger partial charge in [-0.2, -0.15) is 0 Å². The van der Waals surface area contributed by atoms with Gasteiger partial charge in [0, 0.05) is 23.9 Å². The predicted molar refractivity (Wildman–Crippen MR) is 59.1 cm³/mol. The van der Waals surface area contributed by atoms with Crippen LogP contribution in [0.25, 0.3) is 0 Å². The van der Waals surface area contributed by atoms with Gasteiger partial charge in [0.1, 0.15) is 0 Å². The van der Waals surface area contributed by atoms with Gasteiger partial charge in [-0.15, -0.1) is 0 Å². The SMILES string of the molecule is CC(C)(C)CCOCCCS(=O)(=O)Cl. The maximum atomic E-state index is 10.5. The van der Waals surface area contributed by atoms with Crippen LogP contribution in [0.2, 0.25) is 0 Å². The first-order valence-corrected chi connectivity index (χ1v) is 7.19. The zero-order chi connectivity index (χ0) is 11.2. The molecule has 0 aromatic heterocycles. The lowest BCUT2D eigenvalue weighted by Crippen LogP contribution is -2.11. The molecule has 0 fully saturated rings. The van der Waals surface area contributed by atoms with E-state index in [1.807, 2.05) is 0 Å². The van der Waals surface area contributed by atoms with Crippen molar-refractivity contribution < 1.29 is 13.2 Å². The lowest BCUT2D eigenvalue weighted by Gasteiger charge is -2.17. The lowest BCUT2D eigenvalue weighted by atomic mass is 9.93. The quantitative estimate of drug-likeness (QED) is 0.531. The van der Waals surface area contributed by atoms with E-state index in [1.54, 1.807) is 0 Å². The molecular formula is C9H19ClO3S. The number of ether oxygens (including phenoxy) is 1. The van der Waals surface area contributed by atoms with E-state index in [0.717, 1.165) is 6.42 Å². The van der Waals surface area contributed by atoms with Crippen molar-refractivity contribution in [3.05, 3.63) is 0 Å². The standard InChI is InChI=1S/C9H19ClO3S/c1-9(2,3)5-7-13-6-4-8-14(10,11)12/h4-8H2,1-3H3. The Morgan fingerprint density at radius 3 is 2.21 bits per heavy atom. The summed E-state index contributed by atoms with van der Waals surface area (Å²) >= 11 is 0. The molecule has 0 N–H and O–H groups in total. The van der Waals surface area contributed by atoms with Gasteiger partial charge in [0.05, 0.1) is 5.75 Å². The Bertz CT molecular complexity index is 241. The maximum Gasteiger partial charge on any atom is 0.232 e. The van der Waals surface area contributed by atoms with Crippen LogP contribution in [0.15, 0.2) is 0 Å². The van der Waals surface area contributed by atoms with E-state index in [4.69, 9.17) is 15.4 Å². The minimum absolute atomic E-state index is 0.00985. The zero-order valence-corrected chi connectivity index (χ0v) is 10.6. The van der Waals surface area contributed by atoms with Gasteiger partial charge in [-0.3, -0.25) is 0 Å². The van der Waals surface area contributed by atoms with E-state index in [1.165, 1.54) is 0 Å². The monoisotopic (exact) mass is 242 g/mol. The Balaban J connectivity index is 3.32. The Morgan fingerprint density at radius 2 is 1.79 bits per heavy atom. The van der Waals surface area contributed by atoms with Crippen LogP contribution in [0.4, 0.5) is 0 Å². The van der Waals surface area contributed by atoms with Crippen LogP contribution in [-0.4, -0.2) is 27.4 Å². The molecule has 0 amide bonds. The van der Waals surface area contributed by atoms with Gasteiger partial charge >= 0.3 is 0 Å². The molecule has 0 unspecified atom stereocenters. The lowest BCUT2D eigenvalue weighted by molar-refractivity contribution is 0.109. The Labute approximate surface area is 91.2 Å². The fraction of sp³-hybridized carbons (Fsp3) is 1.00. The second kappa shape index (κ2) is 5.93. The molecule has 86 valence electrons. The fourth-order valence-corrected chi connectivity index (χ4v) is 1.60. The molecule has 3 nitrogen and oxygen atoms in total. The minimum atomic E-state index is -3.35. The summed E-state index contributed by atoms with van der Waals surface area (Å²) in [4.78, 5) is 0. The maximum absolute atomic E-state index is 10.5. The van der Waals surface area contributed by atoms with Crippen LogP contribution in [0, 0.1) is 5.41 Å². The van der Waals surface area contributed by atoms with E-state index >= 15 is 0 Å². The molecular weight excluding hydrogens is 224 g/mol. The summed E-state index contributed by atoms with van der Waals surface area (Å²) in [5.41, 5.74) is 0.262. The van der Waals surface area contributed by atoms with Crippen LogP contribution in [0.5, 0.6) is 0 Å². The number of rotatable bonds is 6. The summed E-state index contributed by atoms with van der Waals surface area (Å²) in [5, 5.41) is 0. The van der Waals surface area contributed by atoms with Crippen molar-refractivity contribution in [3.63, 3.8) is 0 Å². The van der Waals surface area contributed by atoms with Crippen molar-refractivity contribution >= 4 is 19.7 Å². The highest BCUT2D eigenvalue weighted by Gasteiger charge is 2.09. The molecule has 0 atom stereocenters. The molecule has 0 heterocycles. The summed E-state index contributed by atoms with van der Waals surface area (Å²) < 4.78 is 26.3. The van der Waals surface area contributed by atoms with E-state index in [-0.39, 0.29) is 11.2 Å². The molecule has 0 saturated heterocycles. The molecule has 0 aromatic rings. The summed E-state index contributed by atoms with van der Waals surface area (Å²) in [6, 6.07) is 0. The van der Waals surface area contributed by atoms with Crippen molar-refractivity contribution in [2.75, 3.05) is 19.0 Å². The van der Waals surface area contributed by atoms with Crippen LogP contribution >= 0.6 is 10.7 Å². The summed E-state index contributed by atoms with van der Waals surface area (Å²) in [6.45, 7) is 7.55. The van der Waals surface area contributed by atoms with Crippen molar-refractivity contribution in [2.24, 2.45) is 5.41 Å². The van der Waals surface area contributed by atoms with Crippen molar-refractivity contribution in [3.8, 4) is 0 Å². The third kappa shape index (κ3) is 12.2. The molecule has 0 aromatic carbocycles. The van der Waals surface area contributed by atoms with E-state index in [2.05, 4.69) is 20.8 Å². The van der Waals surface area contributed by atoms with Crippen LogP contribution in [-0.2, 0) is 13.8 Å². The summed E-state index contributed by atoms with van der Waals surface area (Å²) in [5.74, 6) is -0.00985. The first kappa shape index (κ1) is 14.2. The average molecular weight is 243 g/mol. The van der Waals surface area contributed by atoms with E-state index in [0.29, 0.717) is 19.6 Å². The summed E-state index contributed by atoms with van der Waals surface area (Å²) in [6.07, 6.45) is 1.44. The molecule has 0 radical (unpaired) electrons. The molecule has 0 rings (SSSR count). The second-order valence-corrected chi connectivity index (χ2v) is 7.42. The smallest absolute Gasteiger partial charge is 0.232 e. The Hall–Kier alpha value is 0.200. The minimum Gasteiger partial charge on any atom is -0.381 e. The molecule has 0 aliphatic carbocycles. The predicted octanol–water partition coefficient (Wildman–Crippen LogP) is 2.40. The zero-order valence-electron chi connectivity index (χ0n) is 9.05. The molecule has 0 aliphatic heterocycles. The molecule has 14 heavy (non-hydrogen) atoms. The van der Waals surface area contributed by atoms with Crippen molar-refractivity contribution in [2.45, 2.75) is 33.6 Å². The van der Waals surface area contributed by atoms with Crippen molar-refractivity contribution in [1.29, 1.82) is 0 Å². The first-order valence-electron chi connectivity index (χ1n) is 4.71. The number of halogens is 1. The second-order valence-electron chi connectivity index (χ2n) is 4.52. The molecule has 0 spiro atoms. The molecule has 5 heteroatoms. The Kier molecular flexibility index (Phi) is 6.02. The third-order valence-corrected chi connectivity index (χ3v) is 2.91. The average Bonchev–Trinajstić information content (AvgIpc) is 1.92. The van der Waals surface area contributed by atoms with Crippen LogP contribution in [0.3, 0.4) is 0 Å². The van der Waals surface area contributed by atoms with Crippen LogP contribution < -0.4 is 0 Å². The highest BCUT2D eigenvalue weighted by Crippen LogP contribution is 2.17.